The van der Waals surface area contributed by atoms with E-state index in [1.807, 2.05) is 6.26 Å². The predicted molar refractivity (Wildman–Crippen MR) is 79.4 cm³/mol. The number of nitrogens with zero attached hydrogens (tertiary/aromatic N) is 1. The van der Waals surface area contributed by atoms with Gasteiger partial charge in [-0.3, -0.25) is 10.1 Å². The van der Waals surface area contributed by atoms with Crippen molar-refractivity contribution in [3.8, 4) is 0 Å². The molecule has 0 heterocycles. The summed E-state index contributed by atoms with van der Waals surface area (Å²) in [7, 11) is 0. The monoisotopic (exact) mass is 316 g/mol. The van der Waals surface area contributed by atoms with E-state index in [4.69, 9.17) is 0 Å². The molecular weight excluding hydrogens is 298 g/mol. The molecule has 1 aliphatic rings. The van der Waals surface area contributed by atoms with Gasteiger partial charge in [-0.25, -0.2) is 4.39 Å². The van der Waals surface area contributed by atoms with Crippen molar-refractivity contribution in [1.29, 1.82) is 0 Å². The first kappa shape index (κ1) is 16.2. The van der Waals surface area contributed by atoms with Crippen LogP contribution in [0.5, 0.6) is 0 Å². The molecule has 21 heavy (non-hydrogen) atoms. The standard InChI is InChI=1S/C14H18F2N2O2S/c1-21-14-5-3-2-4-12(14)17-8-9-6-13(18(19)20)11(16)7-10(9)15/h6-7,12,14,17H,2-5,8H2,1H3. The highest BCUT2D eigenvalue weighted by molar-refractivity contribution is 7.99. The fourth-order valence-corrected chi connectivity index (χ4v) is 3.67. The highest BCUT2D eigenvalue weighted by atomic mass is 32.2. The minimum atomic E-state index is -1.14. The lowest BCUT2D eigenvalue weighted by molar-refractivity contribution is -0.387. The zero-order valence-electron chi connectivity index (χ0n) is 11.8. The Morgan fingerprint density at radius 3 is 2.71 bits per heavy atom. The van der Waals surface area contributed by atoms with Gasteiger partial charge in [0.15, 0.2) is 0 Å². The fraction of sp³-hybridized carbons (Fsp3) is 0.571. The third-order valence-electron chi connectivity index (χ3n) is 3.87. The Bertz CT molecular complexity index is 528. The van der Waals surface area contributed by atoms with Crippen LogP contribution in [0, 0.1) is 21.7 Å². The van der Waals surface area contributed by atoms with Crippen LogP contribution in [0.3, 0.4) is 0 Å². The third-order valence-corrected chi connectivity index (χ3v) is 5.04. The van der Waals surface area contributed by atoms with Crippen LogP contribution in [0.4, 0.5) is 14.5 Å². The van der Waals surface area contributed by atoms with Gasteiger partial charge in [-0.05, 0) is 19.1 Å². The lowest BCUT2D eigenvalue weighted by Gasteiger charge is -2.31. The van der Waals surface area contributed by atoms with E-state index in [0.29, 0.717) is 11.3 Å². The summed E-state index contributed by atoms with van der Waals surface area (Å²) in [5.41, 5.74) is -0.549. The summed E-state index contributed by atoms with van der Waals surface area (Å²) in [6, 6.07) is 1.83. The molecule has 0 radical (unpaired) electrons. The van der Waals surface area contributed by atoms with Crippen molar-refractivity contribution in [2.45, 2.75) is 43.5 Å². The average Bonchev–Trinajstić information content (AvgIpc) is 2.46. The van der Waals surface area contributed by atoms with Gasteiger partial charge in [-0.1, -0.05) is 12.8 Å². The molecule has 0 amide bonds. The van der Waals surface area contributed by atoms with Gasteiger partial charge in [-0.2, -0.15) is 16.2 Å². The number of hydrogen-bond acceptors (Lipinski definition) is 4. The van der Waals surface area contributed by atoms with Gasteiger partial charge in [0.2, 0.25) is 5.82 Å². The summed E-state index contributed by atoms with van der Waals surface area (Å²) in [5.74, 6) is -1.89. The van der Waals surface area contributed by atoms with Gasteiger partial charge in [-0.15, -0.1) is 0 Å². The maximum Gasteiger partial charge on any atom is 0.305 e. The molecule has 1 fully saturated rings. The molecule has 1 saturated carbocycles. The van der Waals surface area contributed by atoms with Crippen molar-refractivity contribution >= 4 is 17.4 Å². The van der Waals surface area contributed by atoms with Crippen LogP contribution in [0.2, 0.25) is 0 Å². The molecule has 7 heteroatoms. The van der Waals surface area contributed by atoms with E-state index >= 15 is 0 Å². The Labute approximate surface area is 126 Å². The van der Waals surface area contributed by atoms with Crippen LogP contribution in [-0.4, -0.2) is 22.5 Å². The molecule has 1 aromatic rings. The van der Waals surface area contributed by atoms with E-state index in [9.17, 15) is 18.9 Å². The number of rotatable bonds is 5. The predicted octanol–water partition coefficient (Wildman–Crippen LogP) is 3.64. The topological polar surface area (TPSA) is 55.2 Å². The Morgan fingerprint density at radius 2 is 2.05 bits per heavy atom. The molecule has 1 aromatic carbocycles. The first-order chi connectivity index (χ1) is 10.0. The zero-order chi connectivity index (χ0) is 15.4. The number of thioether (sulfide) groups is 1. The van der Waals surface area contributed by atoms with E-state index in [0.717, 1.165) is 25.3 Å². The number of hydrogen-bond donors (Lipinski definition) is 1. The van der Waals surface area contributed by atoms with Crippen molar-refractivity contribution < 1.29 is 13.7 Å². The Morgan fingerprint density at radius 1 is 1.33 bits per heavy atom. The van der Waals surface area contributed by atoms with Crippen LogP contribution in [0.1, 0.15) is 31.2 Å². The van der Waals surface area contributed by atoms with Crippen LogP contribution in [0.15, 0.2) is 12.1 Å². The lowest BCUT2D eigenvalue weighted by atomic mass is 9.94. The number of nitro groups is 1. The highest BCUT2D eigenvalue weighted by Crippen LogP contribution is 2.28. The van der Waals surface area contributed by atoms with Crippen molar-refractivity contribution in [1.82, 2.24) is 5.32 Å². The molecule has 0 saturated heterocycles. The van der Waals surface area contributed by atoms with Gasteiger partial charge in [0.25, 0.3) is 0 Å². The van der Waals surface area contributed by atoms with E-state index in [1.54, 1.807) is 11.8 Å². The lowest BCUT2D eigenvalue weighted by Crippen LogP contribution is -2.40. The minimum Gasteiger partial charge on any atom is -0.309 e. The number of benzene rings is 1. The maximum absolute atomic E-state index is 13.7. The molecule has 0 spiro atoms. The molecule has 2 atom stereocenters. The van der Waals surface area contributed by atoms with Crippen molar-refractivity contribution in [2.24, 2.45) is 0 Å². The zero-order valence-corrected chi connectivity index (χ0v) is 12.6. The smallest absolute Gasteiger partial charge is 0.305 e. The fourth-order valence-electron chi connectivity index (χ4n) is 2.71. The molecule has 0 bridgehead atoms. The second kappa shape index (κ2) is 7.17. The largest absolute Gasteiger partial charge is 0.309 e. The summed E-state index contributed by atoms with van der Waals surface area (Å²) in [6.45, 7) is 0.175. The Hall–Kier alpha value is -1.21. The first-order valence-corrected chi connectivity index (χ1v) is 8.20. The Balaban J connectivity index is 2.08. The van der Waals surface area contributed by atoms with E-state index in [2.05, 4.69) is 5.32 Å². The molecule has 4 nitrogen and oxygen atoms in total. The summed E-state index contributed by atoms with van der Waals surface area (Å²) in [6.07, 6.45) is 6.50. The van der Waals surface area contributed by atoms with Gasteiger partial charge in [0, 0.05) is 35.5 Å². The van der Waals surface area contributed by atoms with Gasteiger partial charge >= 0.3 is 5.69 Å². The van der Waals surface area contributed by atoms with Crippen LogP contribution in [0.25, 0.3) is 0 Å². The van der Waals surface area contributed by atoms with Crippen LogP contribution in [-0.2, 0) is 6.54 Å². The summed E-state index contributed by atoms with van der Waals surface area (Å²) < 4.78 is 27.0. The normalized spacial score (nSPS) is 22.2. The minimum absolute atomic E-state index is 0.133. The molecule has 1 N–H and O–H groups in total. The molecule has 2 rings (SSSR count). The van der Waals surface area contributed by atoms with E-state index < -0.39 is 22.2 Å². The number of nitro benzene ring substituents is 1. The van der Waals surface area contributed by atoms with Gasteiger partial charge < -0.3 is 5.32 Å². The summed E-state index contributed by atoms with van der Waals surface area (Å²) in [4.78, 5) is 9.88. The van der Waals surface area contributed by atoms with Gasteiger partial charge in [0.1, 0.15) is 5.82 Å². The molecule has 116 valence electrons. The molecule has 0 aliphatic heterocycles. The van der Waals surface area contributed by atoms with Crippen molar-refractivity contribution in [2.75, 3.05) is 6.26 Å². The van der Waals surface area contributed by atoms with E-state index in [-0.39, 0.29) is 18.2 Å². The highest BCUT2D eigenvalue weighted by Gasteiger charge is 2.25. The summed E-state index contributed by atoms with van der Waals surface area (Å²) in [5, 5.41) is 14.4. The van der Waals surface area contributed by atoms with Crippen LogP contribution >= 0.6 is 11.8 Å². The van der Waals surface area contributed by atoms with Crippen molar-refractivity contribution in [3.05, 3.63) is 39.4 Å². The summed E-state index contributed by atoms with van der Waals surface area (Å²) >= 11 is 1.78. The average molecular weight is 316 g/mol. The number of nitrogens with one attached hydrogen (secondary N) is 1. The SMILES string of the molecule is CSC1CCCCC1NCc1cc([N+](=O)[O-])c(F)cc1F. The van der Waals surface area contributed by atoms with E-state index in [1.165, 1.54) is 6.42 Å². The van der Waals surface area contributed by atoms with Crippen molar-refractivity contribution in [3.63, 3.8) is 0 Å². The number of halogens is 2. The molecular formula is C14H18F2N2O2S. The second-order valence-corrected chi connectivity index (χ2v) is 6.28. The third kappa shape index (κ3) is 3.91. The molecule has 2 unspecified atom stereocenters. The second-order valence-electron chi connectivity index (χ2n) is 5.20. The Kier molecular flexibility index (Phi) is 5.52. The first-order valence-electron chi connectivity index (χ1n) is 6.91. The van der Waals surface area contributed by atoms with Crippen LogP contribution < -0.4 is 5.32 Å². The molecule has 0 aromatic heterocycles. The maximum atomic E-state index is 13.7. The quantitative estimate of drug-likeness (QED) is 0.665. The van der Waals surface area contributed by atoms with Gasteiger partial charge in [0.05, 0.1) is 4.92 Å². The molecule has 1 aliphatic carbocycles.